The zero-order valence-corrected chi connectivity index (χ0v) is 14.0. The maximum atomic E-state index is 12.0. The molecule has 0 spiro atoms. The van der Waals surface area contributed by atoms with Gasteiger partial charge in [0.2, 0.25) is 0 Å². The van der Waals surface area contributed by atoms with Crippen LogP contribution in [0.5, 0.6) is 5.75 Å². The van der Waals surface area contributed by atoms with Gasteiger partial charge >= 0.3 is 5.63 Å². The van der Waals surface area contributed by atoms with Crippen molar-refractivity contribution >= 4 is 29.3 Å². The summed E-state index contributed by atoms with van der Waals surface area (Å²) in [7, 11) is 0. The number of benzene rings is 1. The summed E-state index contributed by atoms with van der Waals surface area (Å²) < 4.78 is 10.6. The van der Waals surface area contributed by atoms with Gasteiger partial charge in [0.15, 0.2) is 6.61 Å². The highest BCUT2D eigenvalue weighted by Gasteiger charge is 2.27. The van der Waals surface area contributed by atoms with E-state index < -0.39 is 5.63 Å². The number of hydrogen-bond donors (Lipinski definition) is 2. The van der Waals surface area contributed by atoms with E-state index in [2.05, 4.69) is 5.32 Å². The van der Waals surface area contributed by atoms with Crippen molar-refractivity contribution in [1.82, 2.24) is 5.32 Å². The topological polar surface area (TPSA) is 94.6 Å². The third-order valence-electron chi connectivity index (χ3n) is 4.27. The van der Waals surface area contributed by atoms with E-state index in [0.29, 0.717) is 23.8 Å². The van der Waals surface area contributed by atoms with Crippen molar-refractivity contribution in [3.8, 4) is 5.75 Å². The van der Waals surface area contributed by atoms with Crippen molar-refractivity contribution in [2.24, 2.45) is 11.7 Å². The normalized spacial score (nSPS) is 19.7. The van der Waals surface area contributed by atoms with E-state index in [-0.39, 0.29) is 31.0 Å². The second kappa shape index (κ2) is 8.17. The van der Waals surface area contributed by atoms with E-state index >= 15 is 0 Å². The van der Waals surface area contributed by atoms with Crippen LogP contribution in [0.3, 0.4) is 0 Å². The highest BCUT2D eigenvalue weighted by Crippen LogP contribution is 2.24. The summed E-state index contributed by atoms with van der Waals surface area (Å²) in [4.78, 5) is 23.2. The molecule has 0 radical (unpaired) electrons. The number of nitrogens with one attached hydrogen (secondary N) is 1. The molecule has 0 aliphatic heterocycles. The van der Waals surface area contributed by atoms with Crippen molar-refractivity contribution in [1.29, 1.82) is 0 Å². The molecule has 2 atom stereocenters. The minimum atomic E-state index is -0.415. The number of hydrogen-bond acceptors (Lipinski definition) is 5. The maximum absolute atomic E-state index is 12.0. The lowest BCUT2D eigenvalue weighted by Gasteiger charge is -2.19. The van der Waals surface area contributed by atoms with Gasteiger partial charge in [-0.25, -0.2) is 4.79 Å². The minimum Gasteiger partial charge on any atom is -0.484 e. The molecule has 1 aliphatic rings. The van der Waals surface area contributed by atoms with Crippen molar-refractivity contribution in [2.45, 2.75) is 25.3 Å². The van der Waals surface area contributed by atoms with Crippen molar-refractivity contribution in [3.63, 3.8) is 0 Å². The number of rotatable bonds is 5. The zero-order valence-electron chi connectivity index (χ0n) is 13.2. The lowest BCUT2D eigenvalue weighted by Crippen LogP contribution is -2.42. The number of halogens is 1. The number of amides is 1. The van der Waals surface area contributed by atoms with Crippen LogP contribution in [0.1, 0.15) is 19.3 Å². The van der Waals surface area contributed by atoms with E-state index in [1.165, 1.54) is 6.07 Å². The number of fused-ring (bicyclic) bond motifs is 1. The molecule has 1 amide bonds. The molecule has 1 heterocycles. The average molecular weight is 353 g/mol. The summed E-state index contributed by atoms with van der Waals surface area (Å²) in [5.41, 5.74) is 5.74. The molecule has 7 heteroatoms. The van der Waals surface area contributed by atoms with Gasteiger partial charge in [0, 0.05) is 23.6 Å². The fourth-order valence-corrected chi connectivity index (χ4v) is 3.04. The van der Waals surface area contributed by atoms with Gasteiger partial charge in [0.25, 0.3) is 5.91 Å². The fraction of sp³-hybridized carbons (Fsp3) is 0.412. The molecule has 3 rings (SSSR count). The number of carbonyl (C=O) groups is 1. The van der Waals surface area contributed by atoms with Gasteiger partial charge in [0.1, 0.15) is 11.3 Å². The molecule has 0 saturated heterocycles. The van der Waals surface area contributed by atoms with Gasteiger partial charge in [-0.3, -0.25) is 4.79 Å². The highest BCUT2D eigenvalue weighted by atomic mass is 35.5. The summed E-state index contributed by atoms with van der Waals surface area (Å²) >= 11 is 0. The molecule has 2 aromatic rings. The molecular weight excluding hydrogens is 332 g/mol. The molecule has 0 bridgehead atoms. The molecule has 2 unspecified atom stereocenters. The van der Waals surface area contributed by atoms with Crippen LogP contribution >= 0.6 is 12.4 Å². The van der Waals surface area contributed by atoms with E-state index in [0.717, 1.165) is 24.6 Å². The molecule has 1 aromatic heterocycles. The van der Waals surface area contributed by atoms with Crippen LogP contribution in [0.4, 0.5) is 0 Å². The Morgan fingerprint density at radius 1 is 1.29 bits per heavy atom. The molecule has 130 valence electrons. The average Bonchev–Trinajstić information content (AvgIpc) is 2.99. The summed E-state index contributed by atoms with van der Waals surface area (Å²) in [6.07, 6.45) is 3.12. The van der Waals surface area contributed by atoms with Crippen LogP contribution in [0.2, 0.25) is 0 Å². The molecule has 6 nitrogen and oxygen atoms in total. The quantitative estimate of drug-likeness (QED) is 0.801. The molecule has 3 N–H and O–H groups in total. The van der Waals surface area contributed by atoms with Gasteiger partial charge in [0.05, 0.1) is 0 Å². The van der Waals surface area contributed by atoms with Crippen LogP contribution in [0.25, 0.3) is 11.0 Å². The minimum absolute atomic E-state index is 0. The van der Waals surface area contributed by atoms with Gasteiger partial charge in [-0.2, -0.15) is 0 Å². The first-order valence-corrected chi connectivity index (χ1v) is 7.82. The van der Waals surface area contributed by atoms with Gasteiger partial charge in [-0.05, 0) is 43.5 Å². The van der Waals surface area contributed by atoms with E-state index in [9.17, 15) is 9.59 Å². The monoisotopic (exact) mass is 352 g/mol. The van der Waals surface area contributed by atoms with Crippen LogP contribution in [-0.2, 0) is 4.79 Å². The second-order valence-electron chi connectivity index (χ2n) is 5.84. The van der Waals surface area contributed by atoms with E-state index in [1.54, 1.807) is 24.3 Å². The van der Waals surface area contributed by atoms with E-state index in [4.69, 9.17) is 14.9 Å². The molecule has 1 saturated carbocycles. The zero-order chi connectivity index (χ0) is 16.2. The molecule has 1 fully saturated rings. The largest absolute Gasteiger partial charge is 0.484 e. The third-order valence-corrected chi connectivity index (χ3v) is 4.27. The Bertz CT molecular complexity index is 762. The Balaban J connectivity index is 0.00000208. The Morgan fingerprint density at radius 2 is 2.08 bits per heavy atom. The fourth-order valence-electron chi connectivity index (χ4n) is 3.04. The first kappa shape index (κ1) is 18.3. The summed E-state index contributed by atoms with van der Waals surface area (Å²) in [5.74, 6) is 0.683. The summed E-state index contributed by atoms with van der Waals surface area (Å²) in [6, 6.07) is 8.34. The van der Waals surface area contributed by atoms with Crippen LogP contribution in [0, 0.1) is 5.92 Å². The molecule has 1 aliphatic carbocycles. The smallest absolute Gasteiger partial charge is 0.336 e. The second-order valence-corrected chi connectivity index (χ2v) is 5.84. The van der Waals surface area contributed by atoms with Crippen molar-refractivity contribution in [3.05, 3.63) is 40.8 Å². The summed E-state index contributed by atoms with van der Waals surface area (Å²) in [5, 5.41) is 3.78. The van der Waals surface area contributed by atoms with Crippen molar-refractivity contribution in [2.75, 3.05) is 13.2 Å². The molecule has 1 aromatic carbocycles. The SMILES string of the molecule is Cl.NCC1CCCC1NC(=O)COc1ccc2ccc(=O)oc2c1. The predicted octanol–water partition coefficient (Wildman–Crippen LogP) is 1.84. The Kier molecular flexibility index (Phi) is 6.23. The molecular formula is C17H21ClN2O4. The maximum Gasteiger partial charge on any atom is 0.336 e. The lowest BCUT2D eigenvalue weighted by molar-refractivity contribution is -0.124. The highest BCUT2D eigenvalue weighted by molar-refractivity contribution is 5.85. The van der Waals surface area contributed by atoms with Crippen LogP contribution in [-0.4, -0.2) is 25.1 Å². The summed E-state index contributed by atoms with van der Waals surface area (Å²) in [6.45, 7) is 0.520. The first-order chi connectivity index (χ1) is 11.2. The third kappa shape index (κ3) is 4.27. The Labute approximate surface area is 145 Å². The predicted molar refractivity (Wildman–Crippen MR) is 93.6 cm³/mol. The number of carbonyl (C=O) groups excluding carboxylic acids is 1. The van der Waals surface area contributed by atoms with Gasteiger partial charge in [-0.1, -0.05) is 6.42 Å². The standard InChI is InChI=1S/C17H20N2O4.ClH/c18-9-12-2-1-3-14(12)19-16(20)10-22-13-6-4-11-5-7-17(21)23-15(11)8-13;/h4-8,12,14H,1-3,9-10,18H2,(H,19,20);1H. The Morgan fingerprint density at radius 3 is 2.88 bits per heavy atom. The van der Waals surface area contributed by atoms with E-state index in [1.807, 2.05) is 0 Å². The Hall–Kier alpha value is -2.05. The first-order valence-electron chi connectivity index (χ1n) is 7.82. The van der Waals surface area contributed by atoms with Gasteiger partial charge < -0.3 is 20.2 Å². The van der Waals surface area contributed by atoms with Crippen molar-refractivity contribution < 1.29 is 13.9 Å². The van der Waals surface area contributed by atoms with Gasteiger partial charge in [-0.15, -0.1) is 12.4 Å². The molecule has 24 heavy (non-hydrogen) atoms. The number of ether oxygens (including phenoxy) is 1. The van der Waals surface area contributed by atoms with Crippen LogP contribution < -0.4 is 21.4 Å². The lowest BCUT2D eigenvalue weighted by atomic mass is 10.0. The van der Waals surface area contributed by atoms with Crippen LogP contribution in [0.15, 0.2) is 39.5 Å². The number of nitrogens with two attached hydrogens (primary N) is 1.